The van der Waals surface area contributed by atoms with E-state index in [1.54, 1.807) is 11.8 Å². The topological polar surface area (TPSA) is 35.5 Å². The first kappa shape index (κ1) is 12.7. The first-order chi connectivity index (χ1) is 7.62. The molecule has 16 heavy (non-hydrogen) atoms. The van der Waals surface area contributed by atoms with Crippen molar-refractivity contribution in [2.75, 3.05) is 31.6 Å². The number of nitrogens with one attached hydrogen (secondary N) is 1. The Bertz CT molecular complexity index is 235. The predicted octanol–water partition coefficient (Wildman–Crippen LogP) is 0.927. The fraction of sp³-hybridized carbons (Fsp3) is 1.00. The lowest BCUT2D eigenvalue weighted by Gasteiger charge is -2.27. The van der Waals surface area contributed by atoms with E-state index in [1.807, 2.05) is 13.2 Å². The van der Waals surface area contributed by atoms with Crippen LogP contribution in [0, 0.1) is 0 Å². The molecule has 0 aromatic heterocycles. The smallest absolute Gasteiger partial charge is 0.0833 e. The third-order valence-electron chi connectivity index (χ3n) is 3.81. The second kappa shape index (κ2) is 5.25. The average molecular weight is 244 g/mol. The molecule has 3 atom stereocenters. The SMILES string of the molecule is CSCC(C)(O)CNC1CCN2CCCC12. The van der Waals surface area contributed by atoms with E-state index in [1.165, 1.54) is 32.4 Å². The molecule has 0 amide bonds. The first-order valence-electron chi connectivity index (χ1n) is 6.31. The summed E-state index contributed by atoms with van der Waals surface area (Å²) in [5, 5.41) is 13.7. The molecule has 3 nitrogen and oxygen atoms in total. The van der Waals surface area contributed by atoms with Crippen LogP contribution in [-0.4, -0.2) is 59.3 Å². The lowest BCUT2D eigenvalue weighted by Crippen LogP contribution is -2.47. The van der Waals surface area contributed by atoms with E-state index in [9.17, 15) is 5.11 Å². The third kappa shape index (κ3) is 2.92. The van der Waals surface area contributed by atoms with Crippen LogP contribution in [-0.2, 0) is 0 Å². The van der Waals surface area contributed by atoms with Crippen LogP contribution in [0.5, 0.6) is 0 Å². The average Bonchev–Trinajstić information content (AvgIpc) is 2.76. The predicted molar refractivity (Wildman–Crippen MR) is 70.0 cm³/mol. The van der Waals surface area contributed by atoms with Crippen molar-refractivity contribution in [2.24, 2.45) is 0 Å². The van der Waals surface area contributed by atoms with Gasteiger partial charge in [0.05, 0.1) is 5.60 Å². The van der Waals surface area contributed by atoms with Gasteiger partial charge in [0.1, 0.15) is 0 Å². The Kier molecular flexibility index (Phi) is 4.16. The van der Waals surface area contributed by atoms with Crippen LogP contribution in [0.15, 0.2) is 0 Å². The summed E-state index contributed by atoms with van der Waals surface area (Å²) in [6, 6.07) is 1.35. The van der Waals surface area contributed by atoms with E-state index < -0.39 is 5.60 Å². The second-order valence-corrected chi connectivity index (χ2v) is 6.32. The van der Waals surface area contributed by atoms with Gasteiger partial charge in [-0.2, -0.15) is 11.8 Å². The fourth-order valence-corrected chi connectivity index (χ4v) is 3.76. The molecule has 4 heteroatoms. The molecule has 0 spiro atoms. The van der Waals surface area contributed by atoms with Gasteiger partial charge in [0, 0.05) is 30.9 Å². The van der Waals surface area contributed by atoms with Gasteiger partial charge in [-0.05, 0) is 39.0 Å². The molecule has 0 bridgehead atoms. The van der Waals surface area contributed by atoms with Crippen molar-refractivity contribution in [1.29, 1.82) is 0 Å². The zero-order valence-electron chi connectivity index (χ0n) is 10.4. The number of rotatable bonds is 5. The van der Waals surface area contributed by atoms with Crippen LogP contribution in [0.1, 0.15) is 26.2 Å². The molecule has 94 valence electrons. The minimum atomic E-state index is -0.564. The molecule has 0 aromatic carbocycles. The van der Waals surface area contributed by atoms with Gasteiger partial charge < -0.3 is 10.4 Å². The summed E-state index contributed by atoms with van der Waals surface area (Å²) >= 11 is 1.71. The van der Waals surface area contributed by atoms with Gasteiger partial charge in [0.25, 0.3) is 0 Å². The number of fused-ring (bicyclic) bond motifs is 1. The molecular formula is C12H24N2OS. The monoisotopic (exact) mass is 244 g/mol. The summed E-state index contributed by atoms with van der Waals surface area (Å²) in [4.78, 5) is 2.60. The van der Waals surface area contributed by atoms with Crippen molar-refractivity contribution < 1.29 is 5.11 Å². The summed E-state index contributed by atoms with van der Waals surface area (Å²) in [7, 11) is 0. The highest BCUT2D eigenvalue weighted by molar-refractivity contribution is 7.98. The molecule has 2 N–H and O–H groups in total. The Morgan fingerprint density at radius 1 is 1.44 bits per heavy atom. The third-order valence-corrected chi connectivity index (χ3v) is 4.72. The van der Waals surface area contributed by atoms with Crippen LogP contribution < -0.4 is 5.32 Å². The van der Waals surface area contributed by atoms with E-state index in [2.05, 4.69) is 10.2 Å². The summed E-state index contributed by atoms with van der Waals surface area (Å²) in [5.74, 6) is 0.807. The Morgan fingerprint density at radius 3 is 3.00 bits per heavy atom. The Hall–Kier alpha value is 0.230. The van der Waals surface area contributed by atoms with Gasteiger partial charge in [-0.25, -0.2) is 0 Å². The molecule has 0 saturated carbocycles. The molecule has 0 aliphatic carbocycles. The standard InChI is InChI=1S/C12H24N2OS/c1-12(15,9-16-2)8-13-10-5-7-14-6-3-4-11(10)14/h10-11,13,15H,3-9H2,1-2H3. The summed E-state index contributed by atoms with van der Waals surface area (Å²) in [6.07, 6.45) is 5.98. The Labute approximate surface area is 103 Å². The molecule has 2 saturated heterocycles. The maximum Gasteiger partial charge on any atom is 0.0833 e. The van der Waals surface area contributed by atoms with Crippen molar-refractivity contribution in [1.82, 2.24) is 10.2 Å². The summed E-state index contributed by atoms with van der Waals surface area (Å²) in [6.45, 7) is 5.18. The molecule has 2 aliphatic rings. The molecule has 3 unspecified atom stereocenters. The molecule has 0 radical (unpaired) electrons. The largest absolute Gasteiger partial charge is 0.388 e. The van der Waals surface area contributed by atoms with Crippen molar-refractivity contribution in [2.45, 2.75) is 43.9 Å². The quantitative estimate of drug-likeness (QED) is 0.754. The maximum atomic E-state index is 10.1. The fourth-order valence-electron chi connectivity index (χ4n) is 3.03. The summed E-state index contributed by atoms with van der Waals surface area (Å²) < 4.78 is 0. The van der Waals surface area contributed by atoms with Gasteiger partial charge in [0.15, 0.2) is 0 Å². The second-order valence-electron chi connectivity index (χ2n) is 5.45. The van der Waals surface area contributed by atoms with E-state index in [-0.39, 0.29) is 0 Å². The van der Waals surface area contributed by atoms with Crippen LogP contribution in [0.3, 0.4) is 0 Å². The maximum absolute atomic E-state index is 10.1. The van der Waals surface area contributed by atoms with Crippen molar-refractivity contribution in [3.63, 3.8) is 0 Å². The molecule has 2 rings (SSSR count). The van der Waals surface area contributed by atoms with Gasteiger partial charge in [-0.3, -0.25) is 4.90 Å². The number of hydrogen-bond acceptors (Lipinski definition) is 4. The van der Waals surface area contributed by atoms with Crippen molar-refractivity contribution >= 4 is 11.8 Å². The van der Waals surface area contributed by atoms with Crippen LogP contribution in [0.25, 0.3) is 0 Å². The zero-order valence-corrected chi connectivity index (χ0v) is 11.2. The van der Waals surface area contributed by atoms with Crippen LogP contribution in [0.4, 0.5) is 0 Å². The Morgan fingerprint density at radius 2 is 2.25 bits per heavy atom. The number of aliphatic hydroxyl groups is 1. The highest BCUT2D eigenvalue weighted by Gasteiger charge is 2.37. The van der Waals surface area contributed by atoms with Gasteiger partial charge >= 0.3 is 0 Å². The zero-order chi connectivity index (χ0) is 11.6. The molecule has 2 aliphatic heterocycles. The van der Waals surface area contributed by atoms with E-state index in [4.69, 9.17) is 0 Å². The van der Waals surface area contributed by atoms with Crippen molar-refractivity contribution in [3.8, 4) is 0 Å². The molecule has 0 aromatic rings. The van der Waals surface area contributed by atoms with E-state index >= 15 is 0 Å². The lowest BCUT2D eigenvalue weighted by atomic mass is 10.0. The minimum absolute atomic E-state index is 0.564. The number of nitrogens with zero attached hydrogens (tertiary/aromatic N) is 1. The van der Waals surface area contributed by atoms with Crippen molar-refractivity contribution in [3.05, 3.63) is 0 Å². The highest BCUT2D eigenvalue weighted by Crippen LogP contribution is 2.28. The highest BCUT2D eigenvalue weighted by atomic mass is 32.2. The van der Waals surface area contributed by atoms with Crippen LogP contribution >= 0.6 is 11.8 Å². The van der Waals surface area contributed by atoms with E-state index in [0.29, 0.717) is 6.04 Å². The Balaban J connectivity index is 1.77. The lowest BCUT2D eigenvalue weighted by molar-refractivity contribution is 0.0800. The number of thioether (sulfide) groups is 1. The molecule has 2 fully saturated rings. The minimum Gasteiger partial charge on any atom is -0.388 e. The molecular weight excluding hydrogens is 220 g/mol. The molecule has 2 heterocycles. The normalized spacial score (nSPS) is 33.9. The van der Waals surface area contributed by atoms with Gasteiger partial charge in [0.2, 0.25) is 0 Å². The summed E-state index contributed by atoms with van der Waals surface area (Å²) in [5.41, 5.74) is -0.564. The van der Waals surface area contributed by atoms with Crippen LogP contribution in [0.2, 0.25) is 0 Å². The van der Waals surface area contributed by atoms with Gasteiger partial charge in [-0.1, -0.05) is 0 Å². The van der Waals surface area contributed by atoms with E-state index in [0.717, 1.165) is 18.3 Å². The van der Waals surface area contributed by atoms with Gasteiger partial charge in [-0.15, -0.1) is 0 Å². The first-order valence-corrected chi connectivity index (χ1v) is 7.70. The number of hydrogen-bond donors (Lipinski definition) is 2.